The van der Waals surface area contributed by atoms with Crippen molar-refractivity contribution in [3.05, 3.63) is 29.6 Å². The van der Waals surface area contributed by atoms with E-state index in [1.54, 1.807) is 12.1 Å². The van der Waals surface area contributed by atoms with Crippen molar-refractivity contribution >= 4 is 18.6 Å². The third-order valence-electron chi connectivity index (χ3n) is 3.94. The molecule has 0 spiro atoms. The van der Waals surface area contributed by atoms with Crippen LogP contribution in [0.3, 0.4) is 0 Å². The van der Waals surface area contributed by atoms with E-state index >= 15 is 0 Å². The van der Waals surface area contributed by atoms with E-state index in [0.29, 0.717) is 0 Å². The molecule has 0 aliphatic carbocycles. The Morgan fingerprint density at radius 3 is 2.25 bits per heavy atom. The van der Waals surface area contributed by atoms with Crippen molar-refractivity contribution in [1.29, 1.82) is 0 Å². The van der Waals surface area contributed by atoms with Gasteiger partial charge < -0.3 is 14.0 Å². The first-order valence-electron chi connectivity index (χ1n) is 6.42. The minimum atomic E-state index is -0.843. The minimum Gasteiger partial charge on any atom is -0.465 e. The number of ether oxygens (including phenoxy) is 1. The van der Waals surface area contributed by atoms with Gasteiger partial charge in [-0.25, -0.2) is 9.18 Å². The fraction of sp³-hybridized carbons (Fsp3) is 0.500. The third-order valence-corrected chi connectivity index (χ3v) is 3.94. The van der Waals surface area contributed by atoms with Gasteiger partial charge in [-0.3, -0.25) is 0 Å². The molecular formula is C14H18BFO4. The number of carbonyl (C=O) groups is 1. The molecule has 1 fully saturated rings. The van der Waals surface area contributed by atoms with Crippen LogP contribution < -0.4 is 5.46 Å². The topological polar surface area (TPSA) is 44.8 Å². The summed E-state index contributed by atoms with van der Waals surface area (Å²) in [4.78, 5) is 11.5. The van der Waals surface area contributed by atoms with Crippen LogP contribution >= 0.6 is 0 Å². The van der Waals surface area contributed by atoms with Gasteiger partial charge >= 0.3 is 13.1 Å². The van der Waals surface area contributed by atoms with Crippen LogP contribution in [0.15, 0.2) is 18.2 Å². The number of esters is 1. The molecule has 0 radical (unpaired) electrons. The molecule has 1 aliphatic heterocycles. The van der Waals surface area contributed by atoms with E-state index in [0.717, 1.165) is 0 Å². The Morgan fingerprint density at radius 2 is 1.75 bits per heavy atom. The molecule has 0 aromatic heterocycles. The maximum absolute atomic E-state index is 14.4. The van der Waals surface area contributed by atoms with Crippen molar-refractivity contribution in [3.63, 3.8) is 0 Å². The summed E-state index contributed by atoms with van der Waals surface area (Å²) < 4.78 is 30.5. The van der Waals surface area contributed by atoms with Crippen molar-refractivity contribution in [3.8, 4) is 0 Å². The summed E-state index contributed by atoms with van der Waals surface area (Å²) in [6.07, 6.45) is 0. The molecule has 20 heavy (non-hydrogen) atoms. The minimum absolute atomic E-state index is 0.125. The molecular weight excluding hydrogens is 262 g/mol. The van der Waals surface area contributed by atoms with E-state index in [-0.39, 0.29) is 11.0 Å². The molecule has 0 unspecified atom stereocenters. The van der Waals surface area contributed by atoms with E-state index in [1.165, 1.54) is 13.2 Å². The normalized spacial score (nSPS) is 20.0. The van der Waals surface area contributed by atoms with Gasteiger partial charge in [0.15, 0.2) is 0 Å². The Hall–Kier alpha value is -1.40. The Kier molecular flexibility index (Phi) is 3.65. The van der Waals surface area contributed by atoms with Crippen molar-refractivity contribution in [1.82, 2.24) is 0 Å². The lowest BCUT2D eigenvalue weighted by molar-refractivity contribution is 0.00578. The number of hydrogen-bond donors (Lipinski definition) is 0. The Bertz CT molecular complexity index is 526. The van der Waals surface area contributed by atoms with E-state index in [4.69, 9.17) is 9.31 Å². The van der Waals surface area contributed by atoms with Crippen LogP contribution in [0.2, 0.25) is 0 Å². The highest BCUT2D eigenvalue weighted by Crippen LogP contribution is 2.36. The zero-order valence-corrected chi connectivity index (χ0v) is 12.3. The highest BCUT2D eigenvalue weighted by atomic mass is 19.1. The fourth-order valence-electron chi connectivity index (χ4n) is 1.97. The van der Waals surface area contributed by atoms with Crippen LogP contribution in [0.4, 0.5) is 4.39 Å². The van der Waals surface area contributed by atoms with Crippen molar-refractivity contribution in [2.75, 3.05) is 7.11 Å². The first kappa shape index (κ1) is 15.0. The van der Waals surface area contributed by atoms with Crippen LogP contribution in [0, 0.1) is 5.82 Å². The zero-order valence-electron chi connectivity index (χ0n) is 12.3. The first-order valence-corrected chi connectivity index (χ1v) is 6.42. The summed E-state index contributed by atoms with van der Waals surface area (Å²) in [5, 5.41) is 0. The SMILES string of the molecule is COC(=O)c1cccc(B2OC(C)(C)C(C)(C)O2)c1F. The monoisotopic (exact) mass is 280 g/mol. The number of rotatable bonds is 2. The third kappa shape index (κ3) is 2.34. The van der Waals surface area contributed by atoms with Crippen LogP contribution in [-0.2, 0) is 14.0 Å². The lowest BCUT2D eigenvalue weighted by atomic mass is 9.78. The smallest absolute Gasteiger partial charge is 0.465 e. The van der Waals surface area contributed by atoms with Crippen LogP contribution in [0.1, 0.15) is 38.1 Å². The van der Waals surface area contributed by atoms with Gasteiger partial charge in [0.05, 0.1) is 23.9 Å². The number of hydrogen-bond acceptors (Lipinski definition) is 4. The van der Waals surface area contributed by atoms with Crippen molar-refractivity contribution < 1.29 is 23.2 Å². The molecule has 1 aromatic rings. The summed E-state index contributed by atoms with van der Waals surface area (Å²) in [7, 11) is 0.369. The molecule has 1 aliphatic rings. The molecule has 2 rings (SSSR count). The molecule has 1 saturated heterocycles. The van der Waals surface area contributed by atoms with Gasteiger partial charge in [-0.15, -0.1) is 0 Å². The van der Waals surface area contributed by atoms with Gasteiger partial charge in [0.1, 0.15) is 5.82 Å². The molecule has 6 heteroatoms. The molecule has 0 bridgehead atoms. The van der Waals surface area contributed by atoms with Gasteiger partial charge in [-0.05, 0) is 33.8 Å². The van der Waals surface area contributed by atoms with Gasteiger partial charge in [0, 0.05) is 5.46 Å². The zero-order chi connectivity index (χ0) is 15.1. The summed E-state index contributed by atoms with van der Waals surface area (Å²) in [5.41, 5.74) is -1.05. The number of methoxy groups -OCH3 is 1. The molecule has 0 atom stereocenters. The maximum Gasteiger partial charge on any atom is 0.497 e. The fourth-order valence-corrected chi connectivity index (χ4v) is 1.97. The van der Waals surface area contributed by atoms with Crippen molar-refractivity contribution in [2.45, 2.75) is 38.9 Å². The molecule has 108 valence electrons. The van der Waals surface area contributed by atoms with Gasteiger partial charge in [0.25, 0.3) is 0 Å². The Labute approximate surface area is 118 Å². The molecule has 0 amide bonds. The van der Waals surface area contributed by atoms with E-state index in [2.05, 4.69) is 4.74 Å². The predicted octanol–water partition coefficient (Wildman–Crippen LogP) is 1.91. The first-order chi connectivity index (χ1) is 9.19. The second-order valence-electron chi connectivity index (χ2n) is 5.79. The largest absolute Gasteiger partial charge is 0.497 e. The van der Waals surface area contributed by atoms with Gasteiger partial charge in [-0.1, -0.05) is 12.1 Å². The number of benzene rings is 1. The van der Waals surface area contributed by atoms with Gasteiger partial charge in [0.2, 0.25) is 0 Å². The molecule has 1 aromatic carbocycles. The summed E-state index contributed by atoms with van der Waals surface area (Å²) in [5.74, 6) is -1.39. The number of carbonyl (C=O) groups excluding carboxylic acids is 1. The standard InChI is InChI=1S/C14H18BFO4/c1-13(2)14(3,4)20-15(19-13)10-8-6-7-9(11(10)16)12(17)18-5/h6-8H,1-5H3. The van der Waals surface area contributed by atoms with Crippen LogP contribution in [0.5, 0.6) is 0 Å². The number of halogens is 1. The van der Waals surface area contributed by atoms with Crippen LogP contribution in [-0.4, -0.2) is 31.4 Å². The molecule has 4 nitrogen and oxygen atoms in total. The van der Waals surface area contributed by atoms with Gasteiger partial charge in [-0.2, -0.15) is 0 Å². The summed E-state index contributed by atoms with van der Waals surface area (Å²) in [6, 6.07) is 4.50. The highest BCUT2D eigenvalue weighted by Gasteiger charge is 2.52. The van der Waals surface area contributed by atoms with E-state index in [1.807, 2.05) is 27.7 Å². The average molecular weight is 280 g/mol. The highest BCUT2D eigenvalue weighted by molar-refractivity contribution is 6.62. The molecule has 0 N–H and O–H groups in total. The van der Waals surface area contributed by atoms with Crippen molar-refractivity contribution in [2.24, 2.45) is 0 Å². The summed E-state index contributed by atoms with van der Waals surface area (Å²) >= 11 is 0. The lowest BCUT2D eigenvalue weighted by Crippen LogP contribution is -2.41. The van der Waals surface area contributed by atoms with E-state index < -0.39 is 30.1 Å². The van der Waals surface area contributed by atoms with E-state index in [9.17, 15) is 9.18 Å². The summed E-state index contributed by atoms with van der Waals surface area (Å²) in [6.45, 7) is 7.54. The predicted molar refractivity (Wildman–Crippen MR) is 73.5 cm³/mol. The molecule has 0 saturated carbocycles. The Morgan fingerprint density at radius 1 is 1.20 bits per heavy atom. The quantitative estimate of drug-likeness (QED) is 0.613. The second kappa shape index (κ2) is 4.86. The van der Waals surface area contributed by atoms with Crippen LogP contribution in [0.25, 0.3) is 0 Å². The second-order valence-corrected chi connectivity index (χ2v) is 5.79. The molecule has 1 heterocycles. The Balaban J connectivity index is 2.39. The maximum atomic E-state index is 14.4. The lowest BCUT2D eigenvalue weighted by Gasteiger charge is -2.32. The average Bonchev–Trinajstić information content (AvgIpc) is 2.57.